The minimum atomic E-state index is 0.619. The number of hydrogen-bond acceptors (Lipinski definition) is 5. The number of ether oxygens (including phenoxy) is 1. The minimum absolute atomic E-state index is 0.619. The van der Waals surface area contributed by atoms with Gasteiger partial charge in [0.05, 0.1) is 12.0 Å². The van der Waals surface area contributed by atoms with Crippen LogP contribution < -0.4 is 10.1 Å². The van der Waals surface area contributed by atoms with Crippen molar-refractivity contribution in [3.8, 4) is 5.88 Å². The Labute approximate surface area is 111 Å². The van der Waals surface area contributed by atoms with Crippen molar-refractivity contribution < 1.29 is 4.74 Å². The Balaban J connectivity index is 2.04. The standard InChI is InChI=1S/C13H19N3OS/c1-3-4-5-6-8-17-11-10-7-9-18-12(10)16-13(14-2)15-11/h7,9H,3-6,8H2,1-2H3,(H,14,15,16). The maximum atomic E-state index is 5.78. The van der Waals surface area contributed by atoms with Crippen LogP contribution in [0.1, 0.15) is 32.6 Å². The number of unbranched alkanes of at least 4 members (excludes halogenated alkanes) is 3. The fraction of sp³-hybridized carbons (Fsp3) is 0.538. The van der Waals surface area contributed by atoms with Crippen LogP contribution in [0.3, 0.4) is 0 Å². The Hall–Kier alpha value is -1.36. The molecule has 2 rings (SSSR count). The molecule has 2 aromatic heterocycles. The maximum Gasteiger partial charge on any atom is 0.227 e. The number of anilines is 1. The van der Waals surface area contributed by atoms with Gasteiger partial charge in [-0.1, -0.05) is 26.2 Å². The molecular weight excluding hydrogens is 246 g/mol. The number of fused-ring (bicyclic) bond motifs is 1. The molecule has 0 spiro atoms. The van der Waals surface area contributed by atoms with E-state index >= 15 is 0 Å². The number of rotatable bonds is 7. The molecule has 0 atom stereocenters. The smallest absolute Gasteiger partial charge is 0.227 e. The van der Waals surface area contributed by atoms with Crippen molar-refractivity contribution in [3.63, 3.8) is 0 Å². The Kier molecular flexibility index (Phi) is 4.75. The SMILES string of the molecule is CCCCCCOc1nc(NC)nc2sccc12. The highest BCUT2D eigenvalue weighted by atomic mass is 32.1. The topological polar surface area (TPSA) is 47.0 Å². The lowest BCUT2D eigenvalue weighted by molar-refractivity contribution is 0.298. The van der Waals surface area contributed by atoms with Crippen LogP contribution in [0, 0.1) is 0 Å². The normalized spacial score (nSPS) is 10.8. The number of thiophene rings is 1. The highest BCUT2D eigenvalue weighted by molar-refractivity contribution is 7.16. The summed E-state index contributed by atoms with van der Waals surface area (Å²) in [5.74, 6) is 1.32. The average Bonchev–Trinajstić information content (AvgIpc) is 2.86. The summed E-state index contributed by atoms with van der Waals surface area (Å²) in [5.41, 5.74) is 0. The van der Waals surface area contributed by atoms with Gasteiger partial charge in [0.2, 0.25) is 11.8 Å². The quantitative estimate of drug-likeness (QED) is 0.776. The van der Waals surface area contributed by atoms with Crippen LogP contribution in [0.25, 0.3) is 10.2 Å². The summed E-state index contributed by atoms with van der Waals surface area (Å²) in [6, 6.07) is 2.01. The molecule has 2 aromatic rings. The van der Waals surface area contributed by atoms with Gasteiger partial charge in [0, 0.05) is 7.05 Å². The van der Waals surface area contributed by atoms with E-state index in [0.29, 0.717) is 11.8 Å². The fourth-order valence-electron chi connectivity index (χ4n) is 1.75. The van der Waals surface area contributed by atoms with E-state index in [0.717, 1.165) is 23.2 Å². The molecule has 1 N–H and O–H groups in total. The molecule has 18 heavy (non-hydrogen) atoms. The van der Waals surface area contributed by atoms with Crippen molar-refractivity contribution in [2.24, 2.45) is 0 Å². The maximum absolute atomic E-state index is 5.78. The number of aromatic nitrogens is 2. The molecule has 2 heterocycles. The van der Waals surface area contributed by atoms with E-state index in [9.17, 15) is 0 Å². The Morgan fingerprint density at radius 1 is 1.28 bits per heavy atom. The third kappa shape index (κ3) is 3.10. The minimum Gasteiger partial charge on any atom is -0.477 e. The van der Waals surface area contributed by atoms with E-state index in [-0.39, 0.29) is 0 Å². The van der Waals surface area contributed by atoms with Crippen molar-refractivity contribution in [2.45, 2.75) is 32.6 Å². The predicted molar refractivity (Wildman–Crippen MR) is 76.6 cm³/mol. The van der Waals surface area contributed by atoms with Crippen LogP contribution in [0.15, 0.2) is 11.4 Å². The fourth-order valence-corrected chi connectivity index (χ4v) is 2.50. The van der Waals surface area contributed by atoms with Crippen molar-refractivity contribution >= 4 is 27.5 Å². The molecule has 0 unspecified atom stereocenters. The zero-order valence-electron chi connectivity index (χ0n) is 10.9. The van der Waals surface area contributed by atoms with Gasteiger partial charge >= 0.3 is 0 Å². The largest absolute Gasteiger partial charge is 0.477 e. The van der Waals surface area contributed by atoms with Crippen molar-refractivity contribution in [3.05, 3.63) is 11.4 Å². The molecular formula is C13H19N3OS. The molecule has 0 fully saturated rings. The first-order chi connectivity index (χ1) is 8.85. The van der Waals surface area contributed by atoms with Crippen molar-refractivity contribution in [2.75, 3.05) is 19.0 Å². The van der Waals surface area contributed by atoms with Crippen molar-refractivity contribution in [1.29, 1.82) is 0 Å². The molecule has 5 heteroatoms. The van der Waals surface area contributed by atoms with Gasteiger partial charge in [-0.3, -0.25) is 0 Å². The van der Waals surface area contributed by atoms with E-state index < -0.39 is 0 Å². The Morgan fingerprint density at radius 3 is 2.94 bits per heavy atom. The second-order valence-corrected chi connectivity index (χ2v) is 5.05. The van der Waals surface area contributed by atoms with Crippen molar-refractivity contribution in [1.82, 2.24) is 9.97 Å². The zero-order chi connectivity index (χ0) is 12.8. The summed E-state index contributed by atoms with van der Waals surface area (Å²) in [6.45, 7) is 2.94. The van der Waals surface area contributed by atoms with Crippen LogP contribution in [0.2, 0.25) is 0 Å². The lowest BCUT2D eigenvalue weighted by Crippen LogP contribution is -2.03. The van der Waals surface area contributed by atoms with E-state index in [1.54, 1.807) is 11.3 Å². The molecule has 0 aromatic carbocycles. The summed E-state index contributed by atoms with van der Waals surface area (Å²) < 4.78 is 5.78. The summed E-state index contributed by atoms with van der Waals surface area (Å²) in [5, 5.41) is 5.99. The predicted octanol–water partition coefficient (Wildman–Crippen LogP) is 3.69. The van der Waals surface area contributed by atoms with E-state index in [2.05, 4.69) is 22.2 Å². The molecule has 98 valence electrons. The third-order valence-electron chi connectivity index (χ3n) is 2.75. The highest BCUT2D eigenvalue weighted by Crippen LogP contribution is 2.28. The van der Waals surface area contributed by atoms with E-state index in [1.807, 2.05) is 18.5 Å². The van der Waals surface area contributed by atoms with Crippen LogP contribution in [-0.2, 0) is 0 Å². The van der Waals surface area contributed by atoms with Gasteiger partial charge in [-0.2, -0.15) is 4.98 Å². The van der Waals surface area contributed by atoms with Crippen LogP contribution >= 0.6 is 11.3 Å². The summed E-state index contributed by atoms with van der Waals surface area (Å²) >= 11 is 1.61. The molecule has 0 aliphatic heterocycles. The summed E-state index contributed by atoms with van der Waals surface area (Å²) in [6.07, 6.45) is 4.81. The van der Waals surface area contributed by atoms with Gasteiger partial charge in [-0.25, -0.2) is 4.98 Å². The van der Waals surface area contributed by atoms with Gasteiger partial charge in [0.1, 0.15) is 4.83 Å². The van der Waals surface area contributed by atoms with Gasteiger partial charge in [-0.15, -0.1) is 11.3 Å². The van der Waals surface area contributed by atoms with E-state index in [1.165, 1.54) is 19.3 Å². The summed E-state index contributed by atoms with van der Waals surface area (Å²) in [7, 11) is 1.82. The first kappa shape index (κ1) is 13.1. The first-order valence-electron chi connectivity index (χ1n) is 6.41. The van der Waals surface area contributed by atoms with Gasteiger partial charge < -0.3 is 10.1 Å². The third-order valence-corrected chi connectivity index (χ3v) is 3.56. The van der Waals surface area contributed by atoms with Crippen LogP contribution in [0.5, 0.6) is 5.88 Å². The lowest BCUT2D eigenvalue weighted by atomic mass is 10.2. The zero-order valence-corrected chi connectivity index (χ0v) is 11.7. The Bertz CT molecular complexity index is 498. The van der Waals surface area contributed by atoms with Gasteiger partial charge in [0.15, 0.2) is 0 Å². The van der Waals surface area contributed by atoms with Crippen LogP contribution in [-0.4, -0.2) is 23.6 Å². The molecule has 0 aliphatic carbocycles. The Morgan fingerprint density at radius 2 is 2.17 bits per heavy atom. The number of nitrogens with one attached hydrogen (secondary N) is 1. The number of hydrogen-bond donors (Lipinski definition) is 1. The molecule has 0 saturated carbocycles. The van der Waals surface area contributed by atoms with Gasteiger partial charge in [-0.05, 0) is 17.9 Å². The molecule has 0 amide bonds. The molecule has 4 nitrogen and oxygen atoms in total. The molecule has 0 radical (unpaired) electrons. The second kappa shape index (κ2) is 6.54. The van der Waals surface area contributed by atoms with Gasteiger partial charge in [0.25, 0.3) is 0 Å². The molecule has 0 aliphatic rings. The lowest BCUT2D eigenvalue weighted by Gasteiger charge is -2.07. The van der Waals surface area contributed by atoms with Crippen LogP contribution in [0.4, 0.5) is 5.95 Å². The second-order valence-electron chi connectivity index (χ2n) is 4.15. The summed E-state index contributed by atoms with van der Waals surface area (Å²) in [4.78, 5) is 9.73. The first-order valence-corrected chi connectivity index (χ1v) is 7.29. The number of nitrogens with zero attached hydrogens (tertiary/aromatic N) is 2. The highest BCUT2D eigenvalue weighted by Gasteiger charge is 2.09. The monoisotopic (exact) mass is 265 g/mol. The molecule has 0 saturated heterocycles. The molecule has 0 bridgehead atoms. The van der Waals surface area contributed by atoms with E-state index in [4.69, 9.17) is 4.74 Å². The average molecular weight is 265 g/mol.